The number of aromatic nitrogens is 1. The predicted molar refractivity (Wildman–Crippen MR) is 61.4 cm³/mol. The Balaban J connectivity index is 2.34. The van der Waals surface area contributed by atoms with Crippen molar-refractivity contribution in [3.05, 3.63) is 17.0 Å². The fourth-order valence-corrected chi connectivity index (χ4v) is 2.44. The molecule has 0 radical (unpaired) electrons. The zero-order valence-electron chi connectivity index (χ0n) is 10.0. The molecule has 1 aliphatic rings. The van der Waals surface area contributed by atoms with Gasteiger partial charge in [-0.2, -0.15) is 5.26 Å². The first-order chi connectivity index (χ1) is 8.27. The van der Waals surface area contributed by atoms with Gasteiger partial charge in [-0.25, -0.2) is 0 Å². The fraction of sp³-hybridized carbons (Fsp3) is 0.615. The van der Waals surface area contributed by atoms with Crippen LogP contribution in [-0.2, 0) is 11.2 Å². The number of nitrogens with zero attached hydrogens (tertiary/aromatic N) is 2. The molecule has 1 aromatic rings. The maximum Gasteiger partial charge on any atom is 0.186 e. The molecule has 0 aromatic carbocycles. The highest BCUT2D eigenvalue weighted by atomic mass is 16.5. The van der Waals surface area contributed by atoms with Crippen molar-refractivity contribution in [3.63, 3.8) is 0 Å². The number of carbonyl (C=O) groups is 1. The number of Topliss-reactive ketones (excluding diaryl/α,β-unsaturated/α-hetero) is 1. The molecule has 1 aromatic heterocycles. The molecule has 1 heterocycles. The molecule has 1 saturated carbocycles. The van der Waals surface area contributed by atoms with Crippen LogP contribution in [0.15, 0.2) is 4.52 Å². The lowest BCUT2D eigenvalue weighted by molar-refractivity contribution is -0.122. The van der Waals surface area contributed by atoms with Gasteiger partial charge in [0, 0.05) is 12.0 Å². The lowest BCUT2D eigenvalue weighted by Gasteiger charge is -2.18. The molecule has 0 saturated heterocycles. The first kappa shape index (κ1) is 11.8. The van der Waals surface area contributed by atoms with Gasteiger partial charge < -0.3 is 4.52 Å². The van der Waals surface area contributed by atoms with Gasteiger partial charge in [-0.05, 0) is 19.3 Å². The summed E-state index contributed by atoms with van der Waals surface area (Å²) in [5.41, 5.74) is 1.19. The van der Waals surface area contributed by atoms with Crippen molar-refractivity contribution in [2.45, 2.75) is 51.4 Å². The van der Waals surface area contributed by atoms with E-state index >= 15 is 0 Å². The van der Waals surface area contributed by atoms with Crippen molar-refractivity contribution in [3.8, 4) is 6.07 Å². The van der Waals surface area contributed by atoms with E-state index in [0.29, 0.717) is 17.9 Å². The van der Waals surface area contributed by atoms with Crippen LogP contribution in [0.1, 0.15) is 62.0 Å². The Labute approximate surface area is 101 Å². The highest BCUT2D eigenvalue weighted by molar-refractivity contribution is 5.86. The second-order valence-electron chi connectivity index (χ2n) is 4.50. The maximum atomic E-state index is 11.9. The van der Waals surface area contributed by atoms with E-state index in [-0.39, 0.29) is 11.7 Å². The van der Waals surface area contributed by atoms with Gasteiger partial charge in [0.25, 0.3) is 0 Å². The summed E-state index contributed by atoms with van der Waals surface area (Å²) in [5, 5.41) is 12.7. The molecule has 4 heteroatoms. The van der Waals surface area contributed by atoms with Crippen LogP contribution in [0.25, 0.3) is 0 Å². The van der Waals surface area contributed by atoms with Crippen molar-refractivity contribution in [2.75, 3.05) is 0 Å². The lowest BCUT2D eigenvalue weighted by atomic mass is 9.84. The maximum absolute atomic E-state index is 11.9. The number of nitriles is 1. The molecule has 1 aliphatic carbocycles. The largest absolute Gasteiger partial charge is 0.359 e. The van der Waals surface area contributed by atoms with Crippen molar-refractivity contribution in [1.82, 2.24) is 5.16 Å². The monoisotopic (exact) mass is 232 g/mol. The number of ketones is 1. The third-order valence-electron chi connectivity index (χ3n) is 3.30. The smallest absolute Gasteiger partial charge is 0.186 e. The molecule has 17 heavy (non-hydrogen) atoms. The minimum Gasteiger partial charge on any atom is -0.359 e. The van der Waals surface area contributed by atoms with Crippen LogP contribution in [0.4, 0.5) is 0 Å². The molecule has 0 aliphatic heterocycles. The van der Waals surface area contributed by atoms with Gasteiger partial charge in [-0.15, -0.1) is 0 Å². The standard InChI is InChI=1S/C13H16N2O2/c1-2-5-9-11(8-14)15-17-13(9)10-6-3-4-7-12(10)16/h10H,2-7H2,1H3. The predicted octanol–water partition coefficient (Wildman–Crippen LogP) is 2.73. The summed E-state index contributed by atoms with van der Waals surface area (Å²) in [5.74, 6) is 0.710. The van der Waals surface area contributed by atoms with Crippen LogP contribution in [0.3, 0.4) is 0 Å². The van der Waals surface area contributed by atoms with Crippen LogP contribution in [0, 0.1) is 11.3 Å². The minimum atomic E-state index is -0.167. The Morgan fingerprint density at radius 2 is 2.35 bits per heavy atom. The van der Waals surface area contributed by atoms with Gasteiger partial charge in [-0.1, -0.05) is 24.9 Å². The Hall–Kier alpha value is -1.63. The second-order valence-corrected chi connectivity index (χ2v) is 4.50. The van der Waals surface area contributed by atoms with Crippen molar-refractivity contribution in [2.24, 2.45) is 0 Å². The summed E-state index contributed by atoms with van der Waals surface area (Å²) in [4.78, 5) is 11.9. The summed E-state index contributed by atoms with van der Waals surface area (Å²) in [6.45, 7) is 2.04. The van der Waals surface area contributed by atoms with Crippen LogP contribution >= 0.6 is 0 Å². The molecule has 0 amide bonds. The Bertz CT molecular complexity index is 456. The zero-order valence-corrected chi connectivity index (χ0v) is 10.0. The van der Waals surface area contributed by atoms with E-state index in [1.165, 1.54) is 0 Å². The number of hydrogen-bond donors (Lipinski definition) is 0. The summed E-state index contributed by atoms with van der Waals surface area (Å²) < 4.78 is 5.26. The van der Waals surface area contributed by atoms with Crippen molar-refractivity contribution >= 4 is 5.78 Å². The molecular weight excluding hydrogens is 216 g/mol. The molecule has 4 nitrogen and oxygen atoms in total. The molecular formula is C13H16N2O2. The van der Waals surface area contributed by atoms with E-state index in [1.807, 2.05) is 13.0 Å². The summed E-state index contributed by atoms with van der Waals surface area (Å²) in [6, 6.07) is 2.04. The minimum absolute atomic E-state index is 0.167. The molecule has 1 atom stereocenters. The van der Waals surface area contributed by atoms with Gasteiger partial charge >= 0.3 is 0 Å². The van der Waals surface area contributed by atoms with E-state index in [4.69, 9.17) is 9.78 Å². The van der Waals surface area contributed by atoms with E-state index < -0.39 is 0 Å². The number of hydrogen-bond acceptors (Lipinski definition) is 4. The summed E-state index contributed by atoms with van der Waals surface area (Å²) in [7, 11) is 0. The third-order valence-corrected chi connectivity index (χ3v) is 3.30. The molecule has 2 rings (SSSR count). The molecule has 0 bridgehead atoms. The lowest BCUT2D eigenvalue weighted by Crippen LogP contribution is -2.17. The normalized spacial score (nSPS) is 20.2. The first-order valence-corrected chi connectivity index (χ1v) is 6.19. The number of rotatable bonds is 3. The van der Waals surface area contributed by atoms with Crippen molar-refractivity contribution < 1.29 is 9.32 Å². The van der Waals surface area contributed by atoms with Crippen LogP contribution < -0.4 is 0 Å². The molecule has 1 unspecified atom stereocenters. The Morgan fingerprint density at radius 3 is 3.00 bits per heavy atom. The van der Waals surface area contributed by atoms with Crippen molar-refractivity contribution in [1.29, 1.82) is 5.26 Å². The van der Waals surface area contributed by atoms with Gasteiger partial charge in [0.1, 0.15) is 11.9 Å². The Morgan fingerprint density at radius 1 is 1.53 bits per heavy atom. The van der Waals surface area contributed by atoms with Gasteiger partial charge in [-0.3, -0.25) is 4.79 Å². The van der Waals surface area contributed by atoms with E-state index in [1.54, 1.807) is 0 Å². The molecule has 0 N–H and O–H groups in total. The van der Waals surface area contributed by atoms with Gasteiger partial charge in [0.2, 0.25) is 0 Å². The SMILES string of the molecule is CCCc1c(C#N)noc1C1CCCCC1=O. The fourth-order valence-electron chi connectivity index (χ4n) is 2.44. The second kappa shape index (κ2) is 5.13. The van der Waals surface area contributed by atoms with E-state index in [0.717, 1.165) is 37.7 Å². The van der Waals surface area contributed by atoms with Gasteiger partial charge in [0.05, 0.1) is 5.92 Å². The summed E-state index contributed by atoms with van der Waals surface area (Å²) in [6.07, 6.45) is 5.14. The average molecular weight is 232 g/mol. The van der Waals surface area contributed by atoms with Crippen LogP contribution in [-0.4, -0.2) is 10.9 Å². The van der Waals surface area contributed by atoms with Crippen LogP contribution in [0.5, 0.6) is 0 Å². The molecule has 90 valence electrons. The molecule has 1 fully saturated rings. The van der Waals surface area contributed by atoms with E-state index in [2.05, 4.69) is 5.16 Å². The molecule has 0 spiro atoms. The number of carbonyl (C=O) groups excluding carboxylic acids is 1. The quantitative estimate of drug-likeness (QED) is 0.803. The topological polar surface area (TPSA) is 66.9 Å². The first-order valence-electron chi connectivity index (χ1n) is 6.19. The highest BCUT2D eigenvalue weighted by Crippen LogP contribution is 2.33. The third kappa shape index (κ3) is 2.23. The Kier molecular flexibility index (Phi) is 3.58. The zero-order chi connectivity index (χ0) is 12.3. The van der Waals surface area contributed by atoms with E-state index in [9.17, 15) is 4.79 Å². The van der Waals surface area contributed by atoms with Crippen LogP contribution in [0.2, 0.25) is 0 Å². The average Bonchev–Trinajstić information content (AvgIpc) is 2.73. The van der Waals surface area contributed by atoms with Gasteiger partial charge in [0.15, 0.2) is 11.5 Å². The summed E-state index contributed by atoms with van der Waals surface area (Å²) >= 11 is 0. The highest BCUT2D eigenvalue weighted by Gasteiger charge is 2.30.